The van der Waals surface area contributed by atoms with Crippen molar-refractivity contribution in [1.29, 1.82) is 0 Å². The highest BCUT2D eigenvalue weighted by Gasteiger charge is 2.43. The number of ether oxygens (including phenoxy) is 2. The van der Waals surface area contributed by atoms with E-state index in [-0.39, 0.29) is 6.10 Å². The second-order valence-electron chi connectivity index (χ2n) is 8.34. The molecule has 2 unspecified atom stereocenters. The van der Waals surface area contributed by atoms with Crippen molar-refractivity contribution in [1.82, 2.24) is 9.88 Å². The van der Waals surface area contributed by atoms with Crippen LogP contribution in [0.1, 0.15) is 29.4 Å². The summed E-state index contributed by atoms with van der Waals surface area (Å²) in [7, 11) is 1.71. The molecule has 6 rings (SSSR count). The van der Waals surface area contributed by atoms with Crippen molar-refractivity contribution in [3.63, 3.8) is 0 Å². The van der Waals surface area contributed by atoms with Crippen molar-refractivity contribution in [3.05, 3.63) is 71.1 Å². The summed E-state index contributed by atoms with van der Waals surface area (Å²) in [5.41, 5.74) is 2.20. The van der Waals surface area contributed by atoms with Crippen LogP contribution in [0.2, 0.25) is 0 Å². The molecule has 3 aliphatic rings. The number of fused-ring (bicyclic) bond motifs is 4. The van der Waals surface area contributed by atoms with Gasteiger partial charge in [0.05, 0.1) is 25.3 Å². The van der Waals surface area contributed by atoms with Crippen LogP contribution in [0.3, 0.4) is 0 Å². The van der Waals surface area contributed by atoms with E-state index in [4.69, 9.17) is 9.47 Å². The fourth-order valence-corrected chi connectivity index (χ4v) is 5.81. The first-order chi connectivity index (χ1) is 14.8. The summed E-state index contributed by atoms with van der Waals surface area (Å²) in [5, 5.41) is 3.23. The zero-order valence-electron chi connectivity index (χ0n) is 17.4. The molecule has 5 atom stereocenters. The van der Waals surface area contributed by atoms with Crippen molar-refractivity contribution < 1.29 is 9.47 Å². The highest BCUT2D eigenvalue weighted by Crippen LogP contribution is 2.44. The van der Waals surface area contributed by atoms with Gasteiger partial charge in [0.25, 0.3) is 0 Å². The van der Waals surface area contributed by atoms with E-state index in [0.29, 0.717) is 24.5 Å². The van der Waals surface area contributed by atoms with Crippen molar-refractivity contribution in [2.75, 3.05) is 20.2 Å². The molecule has 0 spiro atoms. The monoisotopic (exact) mass is 420 g/mol. The first-order valence-electron chi connectivity index (χ1n) is 10.7. The van der Waals surface area contributed by atoms with Gasteiger partial charge in [-0.1, -0.05) is 12.1 Å². The minimum absolute atomic E-state index is 0.00160. The summed E-state index contributed by atoms with van der Waals surface area (Å²) in [6.45, 7) is 6.95. The molecule has 3 aliphatic heterocycles. The van der Waals surface area contributed by atoms with E-state index in [1.807, 2.05) is 18.3 Å². The molecule has 3 fully saturated rings. The average Bonchev–Trinajstić information content (AvgIpc) is 3.33. The van der Waals surface area contributed by atoms with Crippen LogP contribution in [-0.2, 0) is 11.3 Å². The molecule has 1 aromatic carbocycles. The number of piperidine rings is 3. The van der Waals surface area contributed by atoms with E-state index in [1.165, 1.54) is 16.9 Å². The molecule has 0 aliphatic carbocycles. The molecular formula is C25H28N2O2S. The van der Waals surface area contributed by atoms with Gasteiger partial charge in [0.1, 0.15) is 5.75 Å². The molecule has 3 aromatic rings. The van der Waals surface area contributed by atoms with Crippen molar-refractivity contribution in [3.8, 4) is 5.75 Å². The number of hydrogen-bond donors (Lipinski definition) is 0. The van der Waals surface area contributed by atoms with Gasteiger partial charge in [-0.05, 0) is 72.5 Å². The summed E-state index contributed by atoms with van der Waals surface area (Å²) < 4.78 is 12.2. The zero-order valence-corrected chi connectivity index (χ0v) is 18.2. The van der Waals surface area contributed by atoms with Gasteiger partial charge >= 0.3 is 0 Å². The molecule has 5 heterocycles. The molecule has 30 heavy (non-hydrogen) atoms. The number of methoxy groups -OCH3 is 1. The Hall–Kier alpha value is -2.21. The van der Waals surface area contributed by atoms with Crippen LogP contribution in [0.15, 0.2) is 60.6 Å². The normalized spacial score (nSPS) is 26.6. The lowest BCUT2D eigenvalue weighted by atomic mass is 9.73. The minimum Gasteiger partial charge on any atom is -0.497 e. The number of hydrogen-bond acceptors (Lipinski definition) is 5. The second-order valence-corrected chi connectivity index (χ2v) is 9.37. The molecule has 4 nitrogen and oxygen atoms in total. The van der Waals surface area contributed by atoms with E-state index in [1.54, 1.807) is 18.4 Å². The Morgan fingerprint density at radius 2 is 2.27 bits per heavy atom. The Labute approximate surface area is 182 Å². The Morgan fingerprint density at radius 1 is 1.33 bits per heavy atom. The Bertz CT molecular complexity index is 1020. The molecule has 2 bridgehead atoms. The lowest BCUT2D eigenvalue weighted by molar-refractivity contribution is -0.0798. The predicted octanol–water partition coefficient (Wildman–Crippen LogP) is 5.46. The maximum atomic E-state index is 6.69. The standard InChI is InChI=1S/C25H28N2O2S/c1-3-17-15-27-11-9-18(17)13-24(27)25(29-16-20-5-4-12-30-20)21-8-10-26-23-7-6-19(28-2)14-22(21)23/h3-8,10,12,14,17-18,24-25H,1,9,11,13,15-16H2,2H3/t17-,18?,24-,25+/m0/s1. The third kappa shape index (κ3) is 3.66. The lowest BCUT2D eigenvalue weighted by Crippen LogP contribution is -2.55. The second kappa shape index (κ2) is 8.50. The number of pyridine rings is 1. The first-order valence-corrected chi connectivity index (χ1v) is 11.6. The van der Waals surface area contributed by atoms with Crippen LogP contribution in [0.25, 0.3) is 10.9 Å². The van der Waals surface area contributed by atoms with Gasteiger partial charge in [-0.3, -0.25) is 9.88 Å². The Kier molecular flexibility index (Phi) is 5.59. The Balaban J connectivity index is 1.53. The third-order valence-corrected chi connectivity index (χ3v) is 7.63. The van der Waals surface area contributed by atoms with Gasteiger partial charge in [0, 0.05) is 29.0 Å². The smallest absolute Gasteiger partial charge is 0.119 e. The molecule has 5 heteroatoms. The molecule has 0 N–H and O–H groups in total. The van der Waals surface area contributed by atoms with Crippen molar-refractivity contribution >= 4 is 22.2 Å². The van der Waals surface area contributed by atoms with Gasteiger partial charge in [-0.15, -0.1) is 17.9 Å². The largest absolute Gasteiger partial charge is 0.497 e. The van der Waals surface area contributed by atoms with E-state index in [0.717, 1.165) is 36.2 Å². The fraction of sp³-hybridized carbons (Fsp3) is 0.400. The molecular weight excluding hydrogens is 392 g/mol. The quantitative estimate of drug-likeness (QED) is 0.476. The molecule has 3 saturated heterocycles. The van der Waals surface area contributed by atoms with E-state index in [2.05, 4.69) is 52.2 Å². The van der Waals surface area contributed by atoms with Crippen LogP contribution < -0.4 is 4.74 Å². The maximum Gasteiger partial charge on any atom is 0.119 e. The first kappa shape index (κ1) is 19.7. The maximum absolute atomic E-state index is 6.69. The molecule has 0 saturated carbocycles. The summed E-state index contributed by atoms with van der Waals surface area (Å²) in [5.74, 6) is 2.15. The van der Waals surface area contributed by atoms with E-state index in [9.17, 15) is 0 Å². The van der Waals surface area contributed by atoms with E-state index < -0.39 is 0 Å². The third-order valence-electron chi connectivity index (χ3n) is 6.78. The van der Waals surface area contributed by atoms with Crippen molar-refractivity contribution in [2.45, 2.75) is 31.6 Å². The Morgan fingerprint density at radius 3 is 3.00 bits per heavy atom. The zero-order chi connectivity index (χ0) is 20.5. The van der Waals surface area contributed by atoms with Gasteiger partial charge in [-0.25, -0.2) is 0 Å². The molecule has 156 valence electrons. The van der Waals surface area contributed by atoms with Gasteiger partial charge in [0.15, 0.2) is 0 Å². The van der Waals surface area contributed by atoms with Crippen LogP contribution in [0.5, 0.6) is 5.75 Å². The number of benzene rings is 1. The summed E-state index contributed by atoms with van der Waals surface area (Å²) in [6, 6.07) is 12.9. The number of thiophene rings is 1. The lowest BCUT2D eigenvalue weighted by Gasteiger charge is -2.51. The summed E-state index contributed by atoms with van der Waals surface area (Å²) in [4.78, 5) is 8.48. The SMILES string of the molecule is C=C[C@H]1CN2CCC1C[C@H]2[C@H](OCc1cccs1)c1ccnc2ccc(OC)cc12. The van der Waals surface area contributed by atoms with Gasteiger partial charge in [0.2, 0.25) is 0 Å². The van der Waals surface area contributed by atoms with Crippen molar-refractivity contribution in [2.24, 2.45) is 11.8 Å². The topological polar surface area (TPSA) is 34.6 Å². The summed E-state index contributed by atoms with van der Waals surface area (Å²) >= 11 is 1.75. The fourth-order valence-electron chi connectivity index (χ4n) is 5.19. The van der Waals surface area contributed by atoms with Crippen LogP contribution in [0, 0.1) is 11.8 Å². The van der Waals surface area contributed by atoms with E-state index >= 15 is 0 Å². The summed E-state index contributed by atoms with van der Waals surface area (Å²) in [6.07, 6.45) is 6.48. The molecule has 0 radical (unpaired) electrons. The molecule has 0 amide bonds. The average molecular weight is 421 g/mol. The van der Waals surface area contributed by atoms with Gasteiger partial charge in [-0.2, -0.15) is 0 Å². The van der Waals surface area contributed by atoms with Crippen LogP contribution in [-0.4, -0.2) is 36.1 Å². The number of nitrogens with zero attached hydrogens (tertiary/aromatic N) is 2. The number of rotatable bonds is 7. The predicted molar refractivity (Wildman–Crippen MR) is 122 cm³/mol. The van der Waals surface area contributed by atoms with Gasteiger partial charge < -0.3 is 9.47 Å². The highest BCUT2D eigenvalue weighted by molar-refractivity contribution is 7.09. The molecule has 2 aromatic heterocycles. The number of aromatic nitrogens is 1. The minimum atomic E-state index is -0.00160. The highest BCUT2D eigenvalue weighted by atomic mass is 32.1. The van der Waals surface area contributed by atoms with Crippen LogP contribution >= 0.6 is 11.3 Å². The van der Waals surface area contributed by atoms with Crippen LogP contribution in [0.4, 0.5) is 0 Å².